The fraction of sp³-hybridized carbons (Fsp3) is 0.250. The second kappa shape index (κ2) is 8.60. The van der Waals surface area contributed by atoms with Crippen molar-refractivity contribution in [2.24, 2.45) is 7.05 Å². The molecule has 0 spiro atoms. The Labute approximate surface area is 170 Å². The van der Waals surface area contributed by atoms with Crippen LogP contribution in [0.3, 0.4) is 0 Å². The molecule has 0 radical (unpaired) electrons. The summed E-state index contributed by atoms with van der Waals surface area (Å²) in [7, 11) is 4.31. The topological polar surface area (TPSA) is 118 Å². The summed E-state index contributed by atoms with van der Waals surface area (Å²) < 4.78 is 26.8. The molecular formula is C20H20N2O8. The monoisotopic (exact) mass is 416 g/mol. The molecule has 0 aliphatic rings. The van der Waals surface area contributed by atoms with Gasteiger partial charge in [0.15, 0.2) is 17.1 Å². The zero-order chi connectivity index (χ0) is 21.8. The van der Waals surface area contributed by atoms with Crippen molar-refractivity contribution in [1.29, 1.82) is 0 Å². The SMILES string of the molecule is CCOC(=O)Oc1c(OC)cc(C(=O)Nc2ccc3c(c2)oc(=O)n3C)cc1OC. The van der Waals surface area contributed by atoms with E-state index < -0.39 is 17.8 Å². The lowest BCUT2D eigenvalue weighted by Crippen LogP contribution is -2.14. The number of carbonyl (C=O) groups excluding carboxylic acids is 2. The van der Waals surface area contributed by atoms with E-state index in [0.717, 1.165) is 0 Å². The van der Waals surface area contributed by atoms with Gasteiger partial charge in [0, 0.05) is 24.4 Å². The Morgan fingerprint density at radius 1 is 1.10 bits per heavy atom. The zero-order valence-corrected chi connectivity index (χ0v) is 16.8. The van der Waals surface area contributed by atoms with Gasteiger partial charge in [-0.1, -0.05) is 0 Å². The molecule has 0 aliphatic heterocycles. The summed E-state index contributed by atoms with van der Waals surface area (Å²) in [5, 5.41) is 2.71. The van der Waals surface area contributed by atoms with Gasteiger partial charge in [-0.05, 0) is 31.2 Å². The Kier molecular flexibility index (Phi) is 5.95. The van der Waals surface area contributed by atoms with Gasteiger partial charge in [0.05, 0.1) is 26.3 Å². The van der Waals surface area contributed by atoms with E-state index in [1.165, 1.54) is 30.9 Å². The van der Waals surface area contributed by atoms with E-state index in [1.54, 1.807) is 32.2 Å². The van der Waals surface area contributed by atoms with E-state index in [0.29, 0.717) is 16.8 Å². The van der Waals surface area contributed by atoms with E-state index >= 15 is 0 Å². The fourth-order valence-corrected chi connectivity index (χ4v) is 2.76. The molecular weight excluding hydrogens is 396 g/mol. The van der Waals surface area contributed by atoms with Crippen molar-refractivity contribution >= 4 is 28.8 Å². The predicted octanol–water partition coefficient (Wildman–Crippen LogP) is 2.94. The van der Waals surface area contributed by atoms with Crippen molar-refractivity contribution in [2.75, 3.05) is 26.1 Å². The summed E-state index contributed by atoms with van der Waals surface area (Å²) >= 11 is 0. The quantitative estimate of drug-likeness (QED) is 0.481. The van der Waals surface area contributed by atoms with Crippen molar-refractivity contribution < 1.29 is 33.0 Å². The Balaban J connectivity index is 1.90. The van der Waals surface area contributed by atoms with Gasteiger partial charge in [-0.15, -0.1) is 0 Å². The molecule has 10 heteroatoms. The molecule has 0 atom stereocenters. The van der Waals surface area contributed by atoms with Crippen molar-refractivity contribution in [2.45, 2.75) is 6.92 Å². The highest BCUT2D eigenvalue weighted by molar-refractivity contribution is 6.05. The molecule has 0 fully saturated rings. The highest BCUT2D eigenvalue weighted by atomic mass is 16.7. The maximum Gasteiger partial charge on any atom is 0.514 e. The molecule has 0 aliphatic carbocycles. The van der Waals surface area contributed by atoms with Gasteiger partial charge in [-0.2, -0.15) is 0 Å². The van der Waals surface area contributed by atoms with Crippen LogP contribution >= 0.6 is 0 Å². The number of fused-ring (bicyclic) bond motifs is 1. The van der Waals surface area contributed by atoms with Crippen LogP contribution in [0.5, 0.6) is 17.2 Å². The third-order valence-electron chi connectivity index (χ3n) is 4.22. The summed E-state index contributed by atoms with van der Waals surface area (Å²) in [6.45, 7) is 1.77. The number of rotatable bonds is 6. The summed E-state index contributed by atoms with van der Waals surface area (Å²) in [5.74, 6) is -0.774. The molecule has 158 valence electrons. The van der Waals surface area contributed by atoms with Crippen molar-refractivity contribution in [3.63, 3.8) is 0 Å². The lowest BCUT2D eigenvalue weighted by molar-refractivity contribution is 0.102. The molecule has 0 unspecified atom stereocenters. The van der Waals surface area contributed by atoms with Crippen LogP contribution in [0.15, 0.2) is 39.5 Å². The second-order valence-electron chi connectivity index (χ2n) is 6.06. The molecule has 10 nitrogen and oxygen atoms in total. The lowest BCUT2D eigenvalue weighted by atomic mass is 10.1. The minimum atomic E-state index is -0.927. The Morgan fingerprint density at radius 2 is 1.77 bits per heavy atom. The molecule has 30 heavy (non-hydrogen) atoms. The molecule has 1 aromatic heterocycles. The van der Waals surface area contributed by atoms with E-state index in [-0.39, 0.29) is 29.4 Å². The number of nitrogens with one attached hydrogen (secondary N) is 1. The number of hydrogen-bond donors (Lipinski definition) is 1. The molecule has 2 aromatic carbocycles. The summed E-state index contributed by atoms with van der Waals surface area (Å²) in [6, 6.07) is 7.64. The smallest absolute Gasteiger partial charge is 0.493 e. The Morgan fingerprint density at radius 3 is 2.37 bits per heavy atom. The van der Waals surface area contributed by atoms with Crippen LogP contribution in [0, 0.1) is 0 Å². The summed E-state index contributed by atoms with van der Waals surface area (Å²) in [5.41, 5.74) is 1.55. The van der Waals surface area contributed by atoms with Gasteiger partial charge in [-0.3, -0.25) is 9.36 Å². The van der Waals surface area contributed by atoms with Gasteiger partial charge < -0.3 is 28.7 Å². The van der Waals surface area contributed by atoms with Gasteiger partial charge >= 0.3 is 11.9 Å². The van der Waals surface area contributed by atoms with E-state index in [9.17, 15) is 14.4 Å². The number of nitrogens with zero attached hydrogens (tertiary/aromatic N) is 1. The van der Waals surface area contributed by atoms with Gasteiger partial charge in [0.1, 0.15) is 0 Å². The molecule has 0 bridgehead atoms. The van der Waals surface area contributed by atoms with Crippen molar-refractivity contribution in [3.05, 3.63) is 46.4 Å². The Hall–Kier alpha value is -3.95. The number of aromatic nitrogens is 1. The minimum Gasteiger partial charge on any atom is -0.493 e. The van der Waals surface area contributed by atoms with Crippen LogP contribution in [0.2, 0.25) is 0 Å². The van der Waals surface area contributed by atoms with Gasteiger partial charge in [0.2, 0.25) is 5.75 Å². The standard InChI is InChI=1S/C20H20N2O8/c1-5-28-20(25)30-17-15(26-3)8-11(9-16(17)27-4)18(23)21-12-6-7-13-14(10-12)29-19(24)22(13)2/h6-10H,5H2,1-4H3,(H,21,23). The largest absolute Gasteiger partial charge is 0.514 e. The van der Waals surface area contributed by atoms with E-state index in [2.05, 4.69) is 5.32 Å². The van der Waals surface area contributed by atoms with Crippen molar-refractivity contribution in [3.8, 4) is 17.2 Å². The molecule has 3 rings (SSSR count). The number of ether oxygens (including phenoxy) is 4. The second-order valence-corrected chi connectivity index (χ2v) is 6.06. The first-order chi connectivity index (χ1) is 14.4. The summed E-state index contributed by atoms with van der Waals surface area (Å²) in [6.07, 6.45) is -0.927. The summed E-state index contributed by atoms with van der Waals surface area (Å²) in [4.78, 5) is 36.0. The van der Waals surface area contributed by atoms with E-state index in [1.807, 2.05) is 0 Å². The maximum atomic E-state index is 12.7. The fourth-order valence-electron chi connectivity index (χ4n) is 2.76. The molecule has 3 aromatic rings. The molecule has 0 saturated heterocycles. The number of hydrogen-bond acceptors (Lipinski definition) is 8. The third-order valence-corrected chi connectivity index (χ3v) is 4.22. The van der Waals surface area contributed by atoms with Crippen LogP contribution in [-0.4, -0.2) is 37.5 Å². The highest BCUT2D eigenvalue weighted by Crippen LogP contribution is 2.39. The van der Waals surface area contributed by atoms with Crippen LogP contribution < -0.4 is 25.3 Å². The third kappa shape index (κ3) is 4.07. The number of anilines is 1. The van der Waals surface area contributed by atoms with Crippen LogP contribution in [0.1, 0.15) is 17.3 Å². The van der Waals surface area contributed by atoms with Gasteiger partial charge in [0.25, 0.3) is 5.91 Å². The number of amides is 1. The molecule has 1 amide bonds. The highest BCUT2D eigenvalue weighted by Gasteiger charge is 2.21. The first kappa shape index (κ1) is 20.8. The van der Waals surface area contributed by atoms with Gasteiger partial charge in [-0.25, -0.2) is 9.59 Å². The average molecular weight is 416 g/mol. The number of methoxy groups -OCH3 is 2. The first-order valence-electron chi connectivity index (χ1n) is 8.89. The lowest BCUT2D eigenvalue weighted by Gasteiger charge is -2.15. The van der Waals surface area contributed by atoms with Crippen LogP contribution in [0.4, 0.5) is 10.5 Å². The van der Waals surface area contributed by atoms with Crippen LogP contribution in [0.25, 0.3) is 11.1 Å². The van der Waals surface area contributed by atoms with Crippen LogP contribution in [-0.2, 0) is 11.8 Å². The first-order valence-corrected chi connectivity index (χ1v) is 8.89. The predicted molar refractivity (Wildman–Crippen MR) is 107 cm³/mol. The maximum absolute atomic E-state index is 12.7. The van der Waals surface area contributed by atoms with E-state index in [4.69, 9.17) is 23.4 Å². The average Bonchev–Trinajstić information content (AvgIpc) is 3.01. The number of oxazole rings is 1. The molecule has 0 saturated carbocycles. The number of carbonyl (C=O) groups is 2. The number of benzene rings is 2. The minimum absolute atomic E-state index is 0.0116. The number of aryl methyl sites for hydroxylation is 1. The zero-order valence-electron chi connectivity index (χ0n) is 16.8. The van der Waals surface area contributed by atoms with Crippen molar-refractivity contribution in [1.82, 2.24) is 4.57 Å². The molecule has 1 heterocycles. The normalized spacial score (nSPS) is 10.5. The molecule has 1 N–H and O–H groups in total. The Bertz CT molecular complexity index is 1140.